The van der Waals surface area contributed by atoms with Gasteiger partial charge in [-0.2, -0.15) is 0 Å². The highest BCUT2D eigenvalue weighted by molar-refractivity contribution is 6.46. The van der Waals surface area contributed by atoms with E-state index in [9.17, 15) is 14.7 Å². The monoisotopic (exact) mass is 323 g/mol. The molecule has 0 spiro atoms. The first-order valence-corrected chi connectivity index (χ1v) is 7.75. The van der Waals surface area contributed by atoms with Gasteiger partial charge in [-0.05, 0) is 30.7 Å². The molecule has 0 radical (unpaired) electrons. The fraction of sp³-hybridized carbons (Fsp3) is 0.222. The second-order valence-corrected chi connectivity index (χ2v) is 5.48. The molecule has 2 aromatic heterocycles. The number of carbonyl (C=O) groups excluding carboxylic acids is 2. The predicted octanol–water partition coefficient (Wildman–Crippen LogP) is 2.31. The first kappa shape index (κ1) is 15.9. The molecule has 3 heterocycles. The van der Waals surface area contributed by atoms with Gasteiger partial charge in [-0.25, -0.2) is 0 Å². The van der Waals surface area contributed by atoms with E-state index in [2.05, 4.69) is 9.97 Å². The van der Waals surface area contributed by atoms with Gasteiger partial charge in [-0.15, -0.1) is 0 Å². The maximum Gasteiger partial charge on any atom is 0.295 e. The number of carbonyl (C=O) groups is 2. The highest BCUT2D eigenvalue weighted by Gasteiger charge is 2.46. The van der Waals surface area contributed by atoms with E-state index in [1.54, 1.807) is 36.5 Å². The van der Waals surface area contributed by atoms with Gasteiger partial charge in [-0.3, -0.25) is 19.6 Å². The Kier molecular flexibility index (Phi) is 4.37. The molecule has 1 aliphatic heterocycles. The lowest BCUT2D eigenvalue weighted by Gasteiger charge is -2.23. The van der Waals surface area contributed by atoms with Crippen molar-refractivity contribution in [2.75, 3.05) is 6.54 Å². The topological polar surface area (TPSA) is 83.4 Å². The number of aliphatic hydroxyl groups excluding tert-OH is 1. The molecule has 0 aromatic carbocycles. The average molecular weight is 323 g/mol. The van der Waals surface area contributed by atoms with Gasteiger partial charge >= 0.3 is 0 Å². The predicted molar refractivity (Wildman–Crippen MR) is 87.8 cm³/mol. The van der Waals surface area contributed by atoms with E-state index < -0.39 is 17.7 Å². The Bertz CT molecular complexity index is 788. The van der Waals surface area contributed by atoms with Crippen LogP contribution in [0.15, 0.2) is 54.5 Å². The Morgan fingerprint density at radius 1 is 1.17 bits per heavy atom. The number of hydrogen-bond acceptors (Lipinski definition) is 5. The number of Topliss-reactive ketones (excluding diaryl/α,β-unsaturated/α-hetero) is 1. The number of aliphatic hydroxyl groups is 1. The van der Waals surface area contributed by atoms with E-state index >= 15 is 0 Å². The number of hydrogen-bond donors (Lipinski definition) is 1. The van der Waals surface area contributed by atoms with Crippen molar-refractivity contribution < 1.29 is 14.7 Å². The number of ketones is 1. The van der Waals surface area contributed by atoms with Crippen molar-refractivity contribution in [1.29, 1.82) is 0 Å². The second kappa shape index (κ2) is 6.62. The zero-order valence-corrected chi connectivity index (χ0v) is 13.2. The smallest absolute Gasteiger partial charge is 0.295 e. The number of pyridine rings is 2. The van der Waals surface area contributed by atoms with E-state index in [4.69, 9.17) is 0 Å². The Hall–Kier alpha value is -3.02. The quantitative estimate of drug-likeness (QED) is 0.530. The summed E-state index contributed by atoms with van der Waals surface area (Å²) in [4.78, 5) is 34.6. The van der Waals surface area contributed by atoms with Crippen molar-refractivity contribution in [3.8, 4) is 0 Å². The van der Waals surface area contributed by atoms with E-state index in [1.807, 2.05) is 6.92 Å². The third-order valence-corrected chi connectivity index (χ3v) is 3.93. The molecular weight excluding hydrogens is 306 g/mol. The Balaban J connectivity index is 2.18. The zero-order chi connectivity index (χ0) is 17.1. The molecule has 1 aliphatic rings. The lowest BCUT2D eigenvalue weighted by molar-refractivity contribution is -0.139. The standard InChI is InChI=1S/C18H17N3O3/c1-2-11-21-15(13-5-3-4-8-20-13)14(17(23)18(21)24)16(22)12-6-9-19-10-7-12/h3-10,15,22H,2,11H2,1H3/b16-14-. The summed E-state index contributed by atoms with van der Waals surface area (Å²) in [5.74, 6) is -1.50. The average Bonchev–Trinajstić information content (AvgIpc) is 2.88. The van der Waals surface area contributed by atoms with Crippen LogP contribution >= 0.6 is 0 Å². The molecule has 6 heteroatoms. The van der Waals surface area contributed by atoms with Crippen molar-refractivity contribution in [3.05, 3.63) is 65.8 Å². The molecule has 122 valence electrons. The summed E-state index contributed by atoms with van der Waals surface area (Å²) < 4.78 is 0. The van der Waals surface area contributed by atoms with Crippen molar-refractivity contribution in [1.82, 2.24) is 14.9 Å². The second-order valence-electron chi connectivity index (χ2n) is 5.48. The fourth-order valence-electron chi connectivity index (χ4n) is 2.86. The molecule has 1 atom stereocenters. The van der Waals surface area contributed by atoms with E-state index in [1.165, 1.54) is 17.3 Å². The lowest BCUT2D eigenvalue weighted by atomic mass is 9.99. The van der Waals surface area contributed by atoms with Crippen molar-refractivity contribution in [2.45, 2.75) is 19.4 Å². The Morgan fingerprint density at radius 3 is 2.54 bits per heavy atom. The van der Waals surface area contributed by atoms with Crippen molar-refractivity contribution in [3.63, 3.8) is 0 Å². The van der Waals surface area contributed by atoms with Gasteiger partial charge < -0.3 is 10.0 Å². The molecule has 24 heavy (non-hydrogen) atoms. The van der Waals surface area contributed by atoms with E-state index in [0.29, 0.717) is 24.2 Å². The molecule has 2 aromatic rings. The molecule has 3 rings (SSSR count). The van der Waals surface area contributed by atoms with Crippen LogP contribution in [-0.4, -0.2) is 38.2 Å². The zero-order valence-electron chi connectivity index (χ0n) is 13.2. The summed E-state index contributed by atoms with van der Waals surface area (Å²) in [5.41, 5.74) is 1.07. The lowest BCUT2D eigenvalue weighted by Crippen LogP contribution is -2.30. The van der Waals surface area contributed by atoms with Crippen molar-refractivity contribution >= 4 is 17.4 Å². The number of likely N-dealkylation sites (tertiary alicyclic amines) is 1. The Morgan fingerprint density at radius 2 is 1.92 bits per heavy atom. The molecule has 1 fully saturated rings. The van der Waals surface area contributed by atoms with Crippen LogP contribution in [0.3, 0.4) is 0 Å². The maximum absolute atomic E-state index is 12.5. The highest BCUT2D eigenvalue weighted by Crippen LogP contribution is 2.38. The van der Waals surface area contributed by atoms with E-state index in [0.717, 1.165) is 0 Å². The van der Waals surface area contributed by atoms with Gasteiger partial charge in [0.15, 0.2) is 0 Å². The minimum absolute atomic E-state index is 0.0679. The minimum Gasteiger partial charge on any atom is -0.507 e. The minimum atomic E-state index is -0.687. The summed E-state index contributed by atoms with van der Waals surface area (Å²) >= 11 is 0. The maximum atomic E-state index is 12.5. The molecule has 0 saturated carbocycles. The first-order valence-electron chi connectivity index (χ1n) is 7.75. The summed E-state index contributed by atoms with van der Waals surface area (Å²) in [6.45, 7) is 2.34. The number of aromatic nitrogens is 2. The molecule has 1 N–H and O–H groups in total. The van der Waals surface area contributed by atoms with Crippen LogP contribution in [0.4, 0.5) is 0 Å². The molecule has 1 unspecified atom stereocenters. The van der Waals surface area contributed by atoms with Crippen LogP contribution in [0.5, 0.6) is 0 Å². The number of nitrogens with zero attached hydrogens (tertiary/aromatic N) is 3. The van der Waals surface area contributed by atoms with Gasteiger partial charge in [0.2, 0.25) is 0 Å². The van der Waals surface area contributed by atoms with Gasteiger partial charge in [0.25, 0.3) is 11.7 Å². The summed E-state index contributed by atoms with van der Waals surface area (Å²) in [6.07, 6.45) is 5.35. The third kappa shape index (κ3) is 2.67. The molecule has 1 saturated heterocycles. The normalized spacial score (nSPS) is 19.7. The number of amides is 1. The van der Waals surface area contributed by atoms with Crippen LogP contribution < -0.4 is 0 Å². The Labute approximate surface area is 139 Å². The van der Waals surface area contributed by atoms with Crippen LogP contribution in [-0.2, 0) is 9.59 Å². The fourth-order valence-corrected chi connectivity index (χ4v) is 2.86. The van der Waals surface area contributed by atoms with Crippen LogP contribution in [0.2, 0.25) is 0 Å². The summed E-state index contributed by atoms with van der Waals surface area (Å²) in [5, 5.41) is 10.7. The molecule has 0 aliphatic carbocycles. The molecule has 6 nitrogen and oxygen atoms in total. The largest absolute Gasteiger partial charge is 0.507 e. The van der Waals surface area contributed by atoms with Crippen LogP contribution in [0.1, 0.15) is 30.6 Å². The van der Waals surface area contributed by atoms with Gasteiger partial charge in [0.1, 0.15) is 11.8 Å². The number of rotatable bonds is 4. The SMILES string of the molecule is CCCN1C(=O)C(=O)/C(=C(\O)c2ccncc2)C1c1ccccn1. The van der Waals surface area contributed by atoms with Crippen LogP contribution in [0.25, 0.3) is 5.76 Å². The third-order valence-electron chi connectivity index (χ3n) is 3.93. The van der Waals surface area contributed by atoms with Gasteiger partial charge in [-0.1, -0.05) is 13.0 Å². The van der Waals surface area contributed by atoms with E-state index in [-0.39, 0.29) is 11.3 Å². The first-order chi connectivity index (χ1) is 11.6. The van der Waals surface area contributed by atoms with Gasteiger partial charge in [0.05, 0.1) is 11.3 Å². The molecular formula is C18H17N3O3. The van der Waals surface area contributed by atoms with Crippen molar-refractivity contribution in [2.24, 2.45) is 0 Å². The molecule has 1 amide bonds. The van der Waals surface area contributed by atoms with Gasteiger partial charge in [0, 0.05) is 30.7 Å². The summed E-state index contributed by atoms with van der Waals surface area (Å²) in [7, 11) is 0. The highest BCUT2D eigenvalue weighted by atomic mass is 16.3. The summed E-state index contributed by atoms with van der Waals surface area (Å²) in [6, 6.07) is 7.81. The molecule has 0 bridgehead atoms. The van der Waals surface area contributed by atoms with Crippen LogP contribution in [0, 0.1) is 0 Å².